The minimum atomic E-state index is -0.346. The molecule has 2 aromatic rings. The highest BCUT2D eigenvalue weighted by atomic mass is 32.2. The van der Waals surface area contributed by atoms with Gasteiger partial charge in [-0.15, -0.1) is 0 Å². The third-order valence-electron chi connectivity index (χ3n) is 7.99. The first kappa shape index (κ1) is 36.2. The van der Waals surface area contributed by atoms with Gasteiger partial charge in [-0.05, 0) is 47.5 Å². The Bertz CT molecular complexity index is 1760. The van der Waals surface area contributed by atoms with Crippen LogP contribution >= 0.6 is 48.0 Å². The van der Waals surface area contributed by atoms with Gasteiger partial charge in [0.2, 0.25) is 11.8 Å². The highest BCUT2D eigenvalue weighted by Gasteiger charge is 2.36. The molecule has 0 radical (unpaired) electrons. The van der Waals surface area contributed by atoms with Crippen molar-refractivity contribution in [2.45, 2.75) is 6.42 Å². The number of hydrogen-bond donors (Lipinski definition) is 0. The van der Waals surface area contributed by atoms with E-state index in [-0.39, 0.29) is 43.1 Å². The second-order valence-electron chi connectivity index (χ2n) is 10.8. The molecule has 12 nitrogen and oxygen atoms in total. The summed E-state index contributed by atoms with van der Waals surface area (Å²) in [6.07, 6.45) is 3.52. The van der Waals surface area contributed by atoms with E-state index in [1.54, 1.807) is 73.6 Å². The lowest BCUT2D eigenvalue weighted by Crippen LogP contribution is -2.53. The molecule has 0 atom stereocenters. The van der Waals surface area contributed by atoms with E-state index in [4.69, 9.17) is 43.4 Å². The van der Waals surface area contributed by atoms with Crippen molar-refractivity contribution in [1.82, 2.24) is 19.6 Å². The molecule has 3 saturated heterocycles. The maximum Gasteiger partial charge on any atom is 0.266 e. The molecule has 0 bridgehead atoms. The SMILES string of the molecule is COc1ccc(C=C2SC(=S)N(CCC(=O)N3CCN(C(=O)CN4C(=O)C(=Cc5ccc(OC)c(OC)c5)SC4=S)CC3)C2=O)cc1OC. The average Bonchev–Trinajstić information content (AvgIpc) is 3.53. The van der Waals surface area contributed by atoms with Crippen molar-refractivity contribution in [3.8, 4) is 23.0 Å². The van der Waals surface area contributed by atoms with Crippen LogP contribution in [0.4, 0.5) is 0 Å². The van der Waals surface area contributed by atoms with Crippen LogP contribution in [0.5, 0.6) is 23.0 Å². The molecule has 0 spiro atoms. The van der Waals surface area contributed by atoms with E-state index in [1.807, 2.05) is 6.07 Å². The standard InChI is InChI=1S/C33H34N4O8S4/c1-42-22-7-5-20(15-24(22)44-3)17-26-30(40)36(32(46)48-26)10-9-28(38)34-11-13-35(14-12-34)29(39)19-37-31(41)27(49-33(37)47)18-21-6-8-23(43-2)25(16-21)45-4/h5-8,15-18H,9-14,19H2,1-4H3. The summed E-state index contributed by atoms with van der Waals surface area (Å²) in [6.45, 7) is 1.26. The number of thiocarbonyl (C=S) groups is 2. The Morgan fingerprint density at radius 1 is 0.673 bits per heavy atom. The number of benzene rings is 2. The fraction of sp³-hybridized carbons (Fsp3) is 0.333. The molecule has 3 aliphatic rings. The quantitative estimate of drug-likeness (QED) is 0.246. The molecule has 0 aromatic heterocycles. The maximum absolute atomic E-state index is 13.2. The van der Waals surface area contributed by atoms with Crippen LogP contribution < -0.4 is 18.9 Å². The number of carbonyl (C=O) groups is 4. The molecule has 258 valence electrons. The van der Waals surface area contributed by atoms with Crippen molar-refractivity contribution in [2.75, 3.05) is 67.7 Å². The predicted octanol–water partition coefficient (Wildman–Crippen LogP) is 3.88. The number of nitrogens with zero attached hydrogens (tertiary/aromatic N) is 4. The minimum absolute atomic E-state index is 0.0903. The van der Waals surface area contributed by atoms with E-state index in [2.05, 4.69) is 0 Å². The van der Waals surface area contributed by atoms with Gasteiger partial charge in [0, 0.05) is 39.1 Å². The third kappa shape index (κ3) is 8.20. The van der Waals surface area contributed by atoms with Gasteiger partial charge in [-0.1, -0.05) is 60.1 Å². The lowest BCUT2D eigenvalue weighted by molar-refractivity contribution is -0.141. The number of piperazine rings is 1. The smallest absolute Gasteiger partial charge is 0.266 e. The van der Waals surface area contributed by atoms with Crippen LogP contribution in [0.2, 0.25) is 0 Å². The summed E-state index contributed by atoms with van der Waals surface area (Å²) in [5, 5.41) is 0. The van der Waals surface area contributed by atoms with E-state index in [0.29, 0.717) is 67.6 Å². The molecular weight excluding hydrogens is 709 g/mol. The molecule has 3 fully saturated rings. The van der Waals surface area contributed by atoms with Crippen LogP contribution in [0.15, 0.2) is 46.2 Å². The first-order valence-corrected chi connectivity index (χ1v) is 17.5. The number of amides is 4. The maximum atomic E-state index is 13.2. The molecule has 5 rings (SSSR count). The van der Waals surface area contributed by atoms with Crippen molar-refractivity contribution in [2.24, 2.45) is 0 Å². The van der Waals surface area contributed by atoms with Gasteiger partial charge >= 0.3 is 0 Å². The molecule has 0 aliphatic carbocycles. The summed E-state index contributed by atoms with van der Waals surface area (Å²) in [4.78, 5) is 59.4. The van der Waals surface area contributed by atoms with E-state index in [9.17, 15) is 19.2 Å². The average molecular weight is 743 g/mol. The Labute approximate surface area is 303 Å². The van der Waals surface area contributed by atoms with Crippen LogP contribution in [0.1, 0.15) is 17.5 Å². The van der Waals surface area contributed by atoms with Crippen LogP contribution in [0.25, 0.3) is 12.2 Å². The van der Waals surface area contributed by atoms with Crippen molar-refractivity contribution in [3.05, 3.63) is 57.3 Å². The second-order valence-corrected chi connectivity index (χ2v) is 14.2. The van der Waals surface area contributed by atoms with Crippen LogP contribution in [0, 0.1) is 0 Å². The number of hydrogen-bond acceptors (Lipinski definition) is 12. The number of methoxy groups -OCH3 is 4. The molecule has 4 amide bonds. The number of thioether (sulfide) groups is 2. The summed E-state index contributed by atoms with van der Waals surface area (Å²) in [5.41, 5.74) is 1.48. The highest BCUT2D eigenvalue weighted by molar-refractivity contribution is 8.27. The summed E-state index contributed by atoms with van der Waals surface area (Å²) in [6, 6.07) is 10.6. The Balaban J connectivity index is 1.10. The van der Waals surface area contributed by atoms with Gasteiger partial charge < -0.3 is 28.7 Å². The zero-order valence-electron chi connectivity index (χ0n) is 27.3. The molecule has 0 N–H and O–H groups in total. The first-order chi connectivity index (χ1) is 23.6. The number of rotatable bonds is 11. The predicted molar refractivity (Wildman–Crippen MR) is 197 cm³/mol. The minimum Gasteiger partial charge on any atom is -0.493 e. The van der Waals surface area contributed by atoms with Crippen molar-refractivity contribution in [1.29, 1.82) is 0 Å². The Kier molecular flexibility index (Phi) is 11.9. The van der Waals surface area contributed by atoms with Gasteiger partial charge in [0.15, 0.2) is 23.0 Å². The zero-order chi connectivity index (χ0) is 35.2. The van der Waals surface area contributed by atoms with Gasteiger partial charge in [0.1, 0.15) is 15.2 Å². The van der Waals surface area contributed by atoms with Crippen LogP contribution in [-0.2, 0) is 19.2 Å². The second kappa shape index (κ2) is 16.1. The number of carbonyl (C=O) groups excluding carboxylic acids is 4. The summed E-state index contributed by atoms with van der Waals surface area (Å²) < 4.78 is 21.9. The lowest BCUT2D eigenvalue weighted by Gasteiger charge is -2.35. The van der Waals surface area contributed by atoms with E-state index in [1.165, 1.54) is 28.7 Å². The normalized spacial score (nSPS) is 18.2. The van der Waals surface area contributed by atoms with E-state index >= 15 is 0 Å². The fourth-order valence-corrected chi connectivity index (χ4v) is 7.89. The summed E-state index contributed by atoms with van der Waals surface area (Å²) in [5.74, 6) is 1.22. The van der Waals surface area contributed by atoms with Crippen molar-refractivity contribution in [3.63, 3.8) is 0 Å². The van der Waals surface area contributed by atoms with Gasteiger partial charge in [0.25, 0.3) is 11.8 Å². The molecule has 3 aliphatic heterocycles. The highest BCUT2D eigenvalue weighted by Crippen LogP contribution is 2.36. The zero-order valence-corrected chi connectivity index (χ0v) is 30.5. The van der Waals surface area contributed by atoms with Crippen LogP contribution in [0.3, 0.4) is 0 Å². The Hall–Kier alpha value is -4.12. The molecule has 49 heavy (non-hydrogen) atoms. The molecule has 16 heteroatoms. The summed E-state index contributed by atoms with van der Waals surface area (Å²) in [7, 11) is 6.17. The van der Waals surface area contributed by atoms with Crippen molar-refractivity contribution < 1.29 is 38.1 Å². The Morgan fingerprint density at radius 2 is 1.10 bits per heavy atom. The molecule has 2 aromatic carbocycles. The largest absolute Gasteiger partial charge is 0.493 e. The summed E-state index contributed by atoms with van der Waals surface area (Å²) >= 11 is 13.2. The first-order valence-electron chi connectivity index (χ1n) is 15.1. The van der Waals surface area contributed by atoms with Gasteiger partial charge in [0.05, 0.1) is 38.2 Å². The van der Waals surface area contributed by atoms with E-state index < -0.39 is 0 Å². The topological polar surface area (TPSA) is 118 Å². The molecular formula is C33H34N4O8S4. The lowest BCUT2D eigenvalue weighted by atomic mass is 10.2. The van der Waals surface area contributed by atoms with Crippen molar-refractivity contribution >= 4 is 92.4 Å². The van der Waals surface area contributed by atoms with Gasteiger partial charge in [-0.25, -0.2) is 0 Å². The fourth-order valence-electron chi connectivity index (χ4n) is 5.32. The molecule has 0 saturated carbocycles. The number of ether oxygens (including phenoxy) is 4. The Morgan fingerprint density at radius 3 is 1.57 bits per heavy atom. The monoisotopic (exact) mass is 742 g/mol. The molecule has 3 heterocycles. The van der Waals surface area contributed by atoms with E-state index in [0.717, 1.165) is 22.9 Å². The van der Waals surface area contributed by atoms with Crippen LogP contribution in [-0.4, -0.2) is 120 Å². The van der Waals surface area contributed by atoms with Gasteiger partial charge in [-0.3, -0.25) is 29.0 Å². The molecule has 0 unspecified atom stereocenters. The third-order valence-corrected chi connectivity index (χ3v) is 10.7. The van der Waals surface area contributed by atoms with Gasteiger partial charge in [-0.2, -0.15) is 0 Å².